The van der Waals surface area contributed by atoms with Crippen LogP contribution in [0.2, 0.25) is 0 Å². The van der Waals surface area contributed by atoms with Crippen molar-refractivity contribution in [1.82, 2.24) is 9.88 Å². The molecule has 1 aliphatic heterocycles. The second-order valence-corrected chi connectivity index (χ2v) is 5.72. The van der Waals surface area contributed by atoms with Crippen molar-refractivity contribution in [1.29, 1.82) is 0 Å². The molecule has 2 heterocycles. The predicted octanol–water partition coefficient (Wildman–Crippen LogP) is 2.81. The smallest absolute Gasteiger partial charge is 0.128 e. The molecule has 0 saturated carbocycles. The second kappa shape index (κ2) is 5.37. The van der Waals surface area contributed by atoms with Crippen LogP contribution in [-0.4, -0.2) is 17.0 Å². The number of nitrogens with two attached hydrogens (primary N) is 1. The Morgan fingerprint density at radius 2 is 2.00 bits per heavy atom. The molecule has 0 fully saturated rings. The molecule has 21 heavy (non-hydrogen) atoms. The van der Waals surface area contributed by atoms with E-state index in [0.717, 1.165) is 47.9 Å². The fourth-order valence-electron chi connectivity index (χ4n) is 3.04. The third kappa shape index (κ3) is 2.59. The lowest BCUT2D eigenvalue weighted by Gasteiger charge is -2.18. The fraction of sp³-hybridized carbons (Fsp3) is 0.353. The van der Waals surface area contributed by atoms with Crippen molar-refractivity contribution in [3.63, 3.8) is 0 Å². The standard InChI is InChI=1S/C17H21N3O/c1-11-7-19-16(12(2)17(11)21-3)10-20-8-13-4-5-15(18)6-14(13)9-20/h4-7H,8-10,18H2,1-3H3. The van der Waals surface area contributed by atoms with E-state index in [9.17, 15) is 0 Å². The molecule has 2 aromatic rings. The maximum Gasteiger partial charge on any atom is 0.128 e. The highest BCUT2D eigenvalue weighted by molar-refractivity contribution is 5.46. The summed E-state index contributed by atoms with van der Waals surface area (Å²) in [4.78, 5) is 6.97. The highest BCUT2D eigenvalue weighted by Crippen LogP contribution is 2.29. The monoisotopic (exact) mass is 283 g/mol. The summed E-state index contributed by atoms with van der Waals surface area (Å²) in [7, 11) is 1.72. The summed E-state index contributed by atoms with van der Waals surface area (Å²) in [5, 5.41) is 0. The molecule has 4 heteroatoms. The minimum Gasteiger partial charge on any atom is -0.496 e. The van der Waals surface area contributed by atoms with Gasteiger partial charge in [-0.25, -0.2) is 0 Å². The molecule has 0 unspecified atom stereocenters. The maximum atomic E-state index is 5.86. The second-order valence-electron chi connectivity index (χ2n) is 5.72. The number of nitrogen functional groups attached to an aromatic ring is 1. The van der Waals surface area contributed by atoms with Gasteiger partial charge in [-0.05, 0) is 37.1 Å². The zero-order chi connectivity index (χ0) is 15.0. The van der Waals surface area contributed by atoms with Crippen LogP contribution in [0.3, 0.4) is 0 Å². The Hall–Kier alpha value is -2.07. The minimum atomic E-state index is 0.830. The van der Waals surface area contributed by atoms with E-state index < -0.39 is 0 Å². The summed E-state index contributed by atoms with van der Waals surface area (Å²) < 4.78 is 5.48. The van der Waals surface area contributed by atoms with Crippen molar-refractivity contribution in [3.8, 4) is 5.75 Å². The number of ether oxygens (including phenoxy) is 1. The fourth-order valence-corrected chi connectivity index (χ4v) is 3.04. The van der Waals surface area contributed by atoms with E-state index in [1.807, 2.05) is 19.2 Å². The van der Waals surface area contributed by atoms with Gasteiger partial charge >= 0.3 is 0 Å². The third-order valence-electron chi connectivity index (χ3n) is 4.14. The largest absolute Gasteiger partial charge is 0.496 e. The van der Waals surface area contributed by atoms with E-state index in [1.54, 1.807) is 7.11 Å². The lowest BCUT2D eigenvalue weighted by molar-refractivity contribution is 0.270. The number of aryl methyl sites for hydroxylation is 1. The number of benzene rings is 1. The van der Waals surface area contributed by atoms with Crippen LogP contribution in [0.15, 0.2) is 24.4 Å². The van der Waals surface area contributed by atoms with E-state index in [0.29, 0.717) is 0 Å². The number of anilines is 1. The quantitative estimate of drug-likeness (QED) is 0.880. The zero-order valence-electron chi connectivity index (χ0n) is 12.8. The highest BCUT2D eigenvalue weighted by Gasteiger charge is 2.21. The van der Waals surface area contributed by atoms with Gasteiger partial charge in [-0.15, -0.1) is 0 Å². The number of fused-ring (bicyclic) bond motifs is 1. The molecule has 0 spiro atoms. The Morgan fingerprint density at radius 3 is 2.76 bits per heavy atom. The van der Waals surface area contributed by atoms with Gasteiger partial charge in [0.1, 0.15) is 5.75 Å². The number of hydrogen-bond donors (Lipinski definition) is 1. The molecule has 0 amide bonds. The first-order valence-corrected chi connectivity index (χ1v) is 7.17. The molecule has 0 saturated heterocycles. The van der Waals surface area contributed by atoms with Crippen molar-refractivity contribution >= 4 is 5.69 Å². The van der Waals surface area contributed by atoms with Gasteiger partial charge in [-0.2, -0.15) is 0 Å². The summed E-state index contributed by atoms with van der Waals surface area (Å²) in [6, 6.07) is 6.17. The van der Waals surface area contributed by atoms with E-state index in [2.05, 4.69) is 28.9 Å². The Kier molecular flexibility index (Phi) is 3.55. The van der Waals surface area contributed by atoms with E-state index in [4.69, 9.17) is 10.5 Å². The molecule has 0 aliphatic carbocycles. The van der Waals surface area contributed by atoms with Gasteiger partial charge in [-0.1, -0.05) is 6.07 Å². The third-order valence-corrected chi connectivity index (χ3v) is 4.14. The maximum absolute atomic E-state index is 5.86. The van der Waals surface area contributed by atoms with Crippen molar-refractivity contribution < 1.29 is 4.74 Å². The molecule has 3 rings (SSSR count). The zero-order valence-corrected chi connectivity index (χ0v) is 12.8. The van der Waals surface area contributed by atoms with Crippen molar-refractivity contribution in [3.05, 3.63) is 52.3 Å². The number of methoxy groups -OCH3 is 1. The highest BCUT2D eigenvalue weighted by atomic mass is 16.5. The molecule has 1 aliphatic rings. The van der Waals surface area contributed by atoms with Crippen LogP contribution < -0.4 is 10.5 Å². The molecular weight excluding hydrogens is 262 g/mol. The lowest BCUT2D eigenvalue weighted by atomic mass is 10.1. The van der Waals surface area contributed by atoms with Gasteiger partial charge in [0.2, 0.25) is 0 Å². The summed E-state index contributed by atoms with van der Waals surface area (Å²) in [6.07, 6.45) is 1.89. The summed E-state index contributed by atoms with van der Waals surface area (Å²) in [6.45, 7) is 6.81. The Labute approximate surface area is 125 Å². The SMILES string of the molecule is COc1c(C)cnc(CN2Cc3ccc(N)cc3C2)c1C. The average molecular weight is 283 g/mol. The van der Waals surface area contributed by atoms with Crippen LogP contribution in [-0.2, 0) is 19.6 Å². The van der Waals surface area contributed by atoms with Crippen LogP contribution in [0.4, 0.5) is 5.69 Å². The van der Waals surface area contributed by atoms with Crippen LogP contribution >= 0.6 is 0 Å². The summed E-state index contributed by atoms with van der Waals surface area (Å²) in [5.74, 6) is 0.945. The normalized spacial score (nSPS) is 14.2. The molecular formula is C17H21N3O. The first kappa shape index (κ1) is 13.9. The van der Waals surface area contributed by atoms with Gasteiger partial charge in [0.25, 0.3) is 0 Å². The van der Waals surface area contributed by atoms with E-state index in [-0.39, 0.29) is 0 Å². The number of nitrogens with zero attached hydrogens (tertiary/aromatic N) is 2. The Balaban J connectivity index is 1.80. The van der Waals surface area contributed by atoms with Crippen LogP contribution in [0.1, 0.15) is 27.9 Å². The van der Waals surface area contributed by atoms with Gasteiger partial charge in [0, 0.05) is 42.6 Å². The van der Waals surface area contributed by atoms with Crippen molar-refractivity contribution in [2.75, 3.05) is 12.8 Å². The lowest BCUT2D eigenvalue weighted by Crippen LogP contribution is -2.17. The first-order valence-electron chi connectivity index (χ1n) is 7.17. The minimum absolute atomic E-state index is 0.830. The van der Waals surface area contributed by atoms with Gasteiger partial charge < -0.3 is 10.5 Å². The number of rotatable bonds is 3. The summed E-state index contributed by atoms with van der Waals surface area (Å²) >= 11 is 0. The van der Waals surface area contributed by atoms with Gasteiger partial charge in [-0.3, -0.25) is 9.88 Å². The molecule has 0 radical (unpaired) electrons. The van der Waals surface area contributed by atoms with Crippen LogP contribution in [0, 0.1) is 13.8 Å². The van der Waals surface area contributed by atoms with Gasteiger partial charge in [0.05, 0.1) is 12.8 Å². The van der Waals surface area contributed by atoms with Crippen molar-refractivity contribution in [2.45, 2.75) is 33.5 Å². The first-order chi connectivity index (χ1) is 10.1. The molecule has 0 bridgehead atoms. The number of aromatic nitrogens is 1. The van der Waals surface area contributed by atoms with Crippen LogP contribution in [0.25, 0.3) is 0 Å². The van der Waals surface area contributed by atoms with Crippen LogP contribution in [0.5, 0.6) is 5.75 Å². The predicted molar refractivity (Wildman–Crippen MR) is 84.1 cm³/mol. The van der Waals surface area contributed by atoms with E-state index in [1.165, 1.54) is 11.1 Å². The average Bonchev–Trinajstić information content (AvgIpc) is 2.84. The molecule has 1 aromatic heterocycles. The Morgan fingerprint density at radius 1 is 1.24 bits per heavy atom. The molecule has 2 N–H and O–H groups in total. The number of hydrogen-bond acceptors (Lipinski definition) is 4. The Bertz CT molecular complexity index is 682. The molecule has 110 valence electrons. The molecule has 4 nitrogen and oxygen atoms in total. The van der Waals surface area contributed by atoms with Gasteiger partial charge in [0.15, 0.2) is 0 Å². The summed E-state index contributed by atoms with van der Waals surface area (Å²) in [5.41, 5.74) is 12.7. The van der Waals surface area contributed by atoms with Crippen molar-refractivity contribution in [2.24, 2.45) is 0 Å². The number of pyridine rings is 1. The van der Waals surface area contributed by atoms with E-state index >= 15 is 0 Å². The topological polar surface area (TPSA) is 51.4 Å². The molecule has 0 atom stereocenters. The molecule has 1 aromatic carbocycles.